The highest BCUT2D eigenvalue weighted by molar-refractivity contribution is 5.98. The Hall–Kier alpha value is -2.44. The summed E-state index contributed by atoms with van der Waals surface area (Å²) in [6.07, 6.45) is 1.01. The number of benzene rings is 1. The largest absolute Gasteiger partial charge is 0.481 e. The van der Waals surface area contributed by atoms with Crippen LogP contribution in [-0.2, 0) is 4.79 Å². The van der Waals surface area contributed by atoms with Crippen molar-refractivity contribution < 1.29 is 19.6 Å². The van der Waals surface area contributed by atoms with Crippen molar-refractivity contribution in [1.29, 1.82) is 0 Å². The van der Waals surface area contributed by atoms with E-state index in [-0.39, 0.29) is 24.2 Å². The molecule has 0 saturated carbocycles. The van der Waals surface area contributed by atoms with Crippen molar-refractivity contribution in [3.63, 3.8) is 0 Å². The summed E-state index contributed by atoms with van der Waals surface area (Å²) in [6.45, 7) is 0.290. The summed E-state index contributed by atoms with van der Waals surface area (Å²) in [7, 11) is 0. The molecule has 0 atom stereocenters. The van der Waals surface area contributed by atoms with Crippen LogP contribution >= 0.6 is 0 Å². The Balaban J connectivity index is 2.50. The summed E-state index contributed by atoms with van der Waals surface area (Å²) in [5, 5.41) is 21.7. The first-order valence-electron chi connectivity index (χ1n) is 5.76. The van der Waals surface area contributed by atoms with Gasteiger partial charge in [0.2, 0.25) is 0 Å². The smallest absolute Gasteiger partial charge is 0.303 e. The van der Waals surface area contributed by atoms with Gasteiger partial charge in [-0.05, 0) is 18.9 Å². The second kappa shape index (κ2) is 7.10. The molecule has 0 aliphatic carbocycles. The fourth-order valence-electron chi connectivity index (χ4n) is 1.52. The van der Waals surface area contributed by atoms with Gasteiger partial charge in [-0.3, -0.25) is 19.7 Å². The van der Waals surface area contributed by atoms with E-state index in [0.29, 0.717) is 12.8 Å². The summed E-state index contributed by atoms with van der Waals surface area (Å²) in [5.74, 6) is -1.41. The number of nitro groups is 1. The molecule has 1 aromatic carbocycles. The number of carboxylic acid groups (broad SMARTS) is 1. The van der Waals surface area contributed by atoms with Crippen LogP contribution in [0.1, 0.15) is 29.6 Å². The third-order valence-electron chi connectivity index (χ3n) is 2.45. The molecule has 0 bridgehead atoms. The van der Waals surface area contributed by atoms with Gasteiger partial charge in [-0.2, -0.15) is 0 Å². The third-order valence-corrected chi connectivity index (χ3v) is 2.45. The molecule has 0 saturated heterocycles. The summed E-state index contributed by atoms with van der Waals surface area (Å²) >= 11 is 0. The van der Waals surface area contributed by atoms with E-state index in [0.717, 1.165) is 0 Å². The molecule has 1 amide bonds. The average Bonchev–Trinajstić information content (AvgIpc) is 2.37. The molecule has 7 nitrogen and oxygen atoms in total. The topological polar surface area (TPSA) is 110 Å². The molecule has 102 valence electrons. The highest BCUT2D eigenvalue weighted by Crippen LogP contribution is 2.17. The number of hydrogen-bond donors (Lipinski definition) is 2. The van der Waals surface area contributed by atoms with E-state index in [1.54, 1.807) is 6.07 Å². The van der Waals surface area contributed by atoms with E-state index < -0.39 is 16.8 Å². The van der Waals surface area contributed by atoms with E-state index in [1.165, 1.54) is 18.2 Å². The Morgan fingerprint density at radius 1 is 1.26 bits per heavy atom. The van der Waals surface area contributed by atoms with Crippen LogP contribution in [-0.4, -0.2) is 28.5 Å². The van der Waals surface area contributed by atoms with Gasteiger partial charge in [0, 0.05) is 19.0 Å². The molecule has 0 heterocycles. The number of para-hydroxylation sites is 1. The zero-order valence-electron chi connectivity index (χ0n) is 10.2. The zero-order chi connectivity index (χ0) is 14.3. The Kier molecular flexibility index (Phi) is 5.46. The van der Waals surface area contributed by atoms with Crippen molar-refractivity contribution in [1.82, 2.24) is 5.32 Å². The highest BCUT2D eigenvalue weighted by atomic mass is 16.6. The number of carbonyl (C=O) groups is 2. The zero-order valence-corrected chi connectivity index (χ0v) is 10.2. The number of carbonyl (C=O) groups excluding carboxylic acids is 1. The van der Waals surface area contributed by atoms with Crippen LogP contribution in [0.4, 0.5) is 5.69 Å². The molecular formula is C12H14N2O5. The molecule has 7 heteroatoms. The third kappa shape index (κ3) is 4.74. The highest BCUT2D eigenvalue weighted by Gasteiger charge is 2.18. The molecule has 0 unspecified atom stereocenters. The number of rotatable bonds is 7. The molecule has 0 spiro atoms. The lowest BCUT2D eigenvalue weighted by Gasteiger charge is -2.05. The molecule has 0 fully saturated rings. The maximum Gasteiger partial charge on any atom is 0.303 e. The molecule has 0 radical (unpaired) electrons. The molecule has 0 aliphatic rings. The van der Waals surface area contributed by atoms with E-state index in [4.69, 9.17) is 5.11 Å². The fraction of sp³-hybridized carbons (Fsp3) is 0.333. The minimum Gasteiger partial charge on any atom is -0.481 e. The predicted molar refractivity (Wildman–Crippen MR) is 66.9 cm³/mol. The van der Waals surface area contributed by atoms with Gasteiger partial charge in [0.1, 0.15) is 5.56 Å². The van der Waals surface area contributed by atoms with Gasteiger partial charge in [0.25, 0.3) is 11.6 Å². The van der Waals surface area contributed by atoms with Crippen LogP contribution in [0.2, 0.25) is 0 Å². The van der Waals surface area contributed by atoms with Gasteiger partial charge in [0.15, 0.2) is 0 Å². The average molecular weight is 266 g/mol. The Morgan fingerprint density at radius 3 is 2.58 bits per heavy atom. The van der Waals surface area contributed by atoms with E-state index >= 15 is 0 Å². The number of hydrogen-bond acceptors (Lipinski definition) is 4. The summed E-state index contributed by atoms with van der Waals surface area (Å²) < 4.78 is 0. The van der Waals surface area contributed by atoms with Crippen LogP contribution in [0.5, 0.6) is 0 Å². The number of nitrogens with zero attached hydrogens (tertiary/aromatic N) is 1. The van der Waals surface area contributed by atoms with Gasteiger partial charge >= 0.3 is 5.97 Å². The maximum absolute atomic E-state index is 11.7. The first kappa shape index (κ1) is 14.6. The van der Waals surface area contributed by atoms with Crippen LogP contribution in [0.25, 0.3) is 0 Å². The quantitative estimate of drug-likeness (QED) is 0.442. The number of nitro benzene ring substituents is 1. The van der Waals surface area contributed by atoms with E-state index in [2.05, 4.69) is 5.32 Å². The minimum absolute atomic E-state index is 0.00531. The van der Waals surface area contributed by atoms with Gasteiger partial charge in [-0.15, -0.1) is 0 Å². The fourth-order valence-corrected chi connectivity index (χ4v) is 1.52. The van der Waals surface area contributed by atoms with Crippen LogP contribution in [0.15, 0.2) is 24.3 Å². The monoisotopic (exact) mass is 266 g/mol. The number of unbranched alkanes of at least 4 members (excludes halogenated alkanes) is 1. The Morgan fingerprint density at radius 2 is 1.95 bits per heavy atom. The van der Waals surface area contributed by atoms with Crippen molar-refractivity contribution in [2.24, 2.45) is 0 Å². The lowest BCUT2D eigenvalue weighted by molar-refractivity contribution is -0.385. The van der Waals surface area contributed by atoms with E-state index in [9.17, 15) is 19.7 Å². The molecule has 1 aromatic rings. The van der Waals surface area contributed by atoms with Gasteiger partial charge in [0.05, 0.1) is 4.92 Å². The number of carboxylic acids is 1. The van der Waals surface area contributed by atoms with Crippen molar-refractivity contribution in [2.75, 3.05) is 6.54 Å². The van der Waals surface area contributed by atoms with Gasteiger partial charge < -0.3 is 10.4 Å². The normalized spacial score (nSPS) is 9.89. The second-order valence-corrected chi connectivity index (χ2v) is 3.88. The number of amides is 1. The van der Waals surface area contributed by atoms with Crippen LogP contribution < -0.4 is 5.32 Å². The lowest BCUT2D eigenvalue weighted by Crippen LogP contribution is -2.25. The predicted octanol–water partition coefficient (Wildman–Crippen LogP) is 1.58. The summed E-state index contributed by atoms with van der Waals surface area (Å²) in [4.78, 5) is 32.1. The Labute approximate surface area is 109 Å². The van der Waals surface area contributed by atoms with Crippen molar-refractivity contribution in [3.8, 4) is 0 Å². The molecular weight excluding hydrogens is 252 g/mol. The van der Waals surface area contributed by atoms with Crippen molar-refractivity contribution in [2.45, 2.75) is 19.3 Å². The van der Waals surface area contributed by atoms with Crippen molar-refractivity contribution in [3.05, 3.63) is 39.9 Å². The summed E-state index contributed by atoms with van der Waals surface area (Å²) in [5.41, 5.74) is -0.240. The van der Waals surface area contributed by atoms with E-state index in [1.807, 2.05) is 0 Å². The van der Waals surface area contributed by atoms with Crippen molar-refractivity contribution >= 4 is 17.6 Å². The lowest BCUT2D eigenvalue weighted by atomic mass is 10.1. The SMILES string of the molecule is O=C(O)CCCCNC(=O)c1ccccc1[N+](=O)[O-]. The molecule has 2 N–H and O–H groups in total. The Bertz CT molecular complexity index is 487. The van der Waals surface area contributed by atoms with Crippen LogP contribution in [0, 0.1) is 10.1 Å². The van der Waals surface area contributed by atoms with Gasteiger partial charge in [-0.25, -0.2) is 0 Å². The van der Waals surface area contributed by atoms with Crippen LogP contribution in [0.3, 0.4) is 0 Å². The molecule has 1 rings (SSSR count). The first-order chi connectivity index (χ1) is 9.02. The molecule has 0 aliphatic heterocycles. The standard InChI is InChI=1S/C12H14N2O5/c15-11(16)7-3-4-8-13-12(17)9-5-1-2-6-10(9)14(18)19/h1-2,5-6H,3-4,7-8H2,(H,13,17)(H,15,16). The summed E-state index contributed by atoms with van der Waals surface area (Å²) in [6, 6.07) is 5.68. The first-order valence-corrected chi connectivity index (χ1v) is 5.76. The second-order valence-electron chi connectivity index (χ2n) is 3.88. The number of nitrogens with one attached hydrogen (secondary N) is 1. The minimum atomic E-state index is -0.884. The number of aliphatic carboxylic acids is 1. The molecule has 19 heavy (non-hydrogen) atoms. The van der Waals surface area contributed by atoms with Gasteiger partial charge in [-0.1, -0.05) is 12.1 Å². The molecule has 0 aromatic heterocycles. The maximum atomic E-state index is 11.7.